The number of phenols is 1. The Balaban J connectivity index is 1.89. The number of Topliss-reactive ketones (excluding diaryl/α,β-unsaturated/α-hetero) is 4. The minimum Gasteiger partial charge on any atom is -0.507 e. The van der Waals surface area contributed by atoms with E-state index in [1.54, 1.807) is 0 Å². The number of amides is 1. The quantitative estimate of drug-likeness (QED) is 0.396. The van der Waals surface area contributed by atoms with Crippen LogP contribution in [0.15, 0.2) is 6.07 Å². The summed E-state index contributed by atoms with van der Waals surface area (Å²) in [6, 6.07) is 0.313. The Hall–Kier alpha value is -2.66. The molecule has 0 heterocycles. The molecule has 6 N–H and O–H groups in total. The molecule has 0 aliphatic heterocycles. The van der Waals surface area contributed by atoms with Crippen molar-refractivity contribution in [1.82, 2.24) is 4.90 Å². The second-order valence-corrected chi connectivity index (χ2v) is 9.62. The molecule has 0 bridgehead atoms. The van der Waals surface area contributed by atoms with Crippen LogP contribution < -0.4 is 11.5 Å². The number of benzene rings is 1. The van der Waals surface area contributed by atoms with Gasteiger partial charge in [-0.15, -0.1) is 0 Å². The molecule has 11 heteroatoms. The third kappa shape index (κ3) is 3.01. The van der Waals surface area contributed by atoms with Gasteiger partial charge in [0.15, 0.2) is 34.7 Å². The van der Waals surface area contributed by atoms with Crippen molar-refractivity contribution in [3.63, 3.8) is 0 Å². The molecule has 1 amide bonds. The Bertz CT molecular complexity index is 1130. The SMILES string of the molecule is CN(C)[C@@H]1C(=O)C(C(N)=O)C(=O)[C@@]2(O)C(=O)C3C(=O)c4c(O)c(CN)cc(Cl)c4CC3C[C@@H]12. The summed E-state index contributed by atoms with van der Waals surface area (Å²) in [7, 11) is 3.05. The summed E-state index contributed by atoms with van der Waals surface area (Å²) < 4.78 is 0. The summed E-state index contributed by atoms with van der Waals surface area (Å²) in [5.74, 6) is -10.9. The summed E-state index contributed by atoms with van der Waals surface area (Å²) in [4.78, 5) is 66.6. The van der Waals surface area contributed by atoms with Gasteiger partial charge in [-0.05, 0) is 44.5 Å². The molecule has 1 aromatic carbocycles. The standard InChI is InChI=1S/C22H24ClN3O7/c1-26(2)15-10-4-7-3-9-11(23)5-8(6-24)16(27)13(9)17(28)12(7)19(30)22(10,33)20(31)14(18(15)29)21(25)32/h5,7,10,12,14-15,27,33H,3-4,6,24H2,1-2H3,(H2,25,32)/t7?,10-,12?,14?,15-,22-/m0/s1. The second-order valence-electron chi connectivity index (χ2n) is 9.21. The number of nitrogens with zero attached hydrogens (tertiary/aromatic N) is 1. The number of ketones is 4. The molecule has 2 fully saturated rings. The highest BCUT2D eigenvalue weighted by atomic mass is 35.5. The van der Waals surface area contributed by atoms with Gasteiger partial charge >= 0.3 is 0 Å². The van der Waals surface area contributed by atoms with Crippen molar-refractivity contribution in [3.8, 4) is 5.75 Å². The molecule has 4 rings (SSSR count). The van der Waals surface area contributed by atoms with Crippen molar-refractivity contribution in [2.24, 2.45) is 35.1 Å². The van der Waals surface area contributed by atoms with Crippen LogP contribution in [0.2, 0.25) is 5.02 Å². The van der Waals surface area contributed by atoms with E-state index in [4.69, 9.17) is 23.1 Å². The zero-order valence-electron chi connectivity index (χ0n) is 18.0. The van der Waals surface area contributed by atoms with Crippen LogP contribution in [-0.4, -0.2) is 69.9 Å². The Morgan fingerprint density at radius 1 is 1.24 bits per heavy atom. The third-order valence-electron chi connectivity index (χ3n) is 7.31. The number of phenolic OH excluding ortho intramolecular Hbond substituents is 1. The van der Waals surface area contributed by atoms with Crippen LogP contribution in [0, 0.1) is 23.7 Å². The summed E-state index contributed by atoms with van der Waals surface area (Å²) in [6.07, 6.45) is 0.0860. The van der Waals surface area contributed by atoms with Crippen molar-refractivity contribution in [1.29, 1.82) is 0 Å². The van der Waals surface area contributed by atoms with Crippen molar-refractivity contribution in [2.75, 3.05) is 14.1 Å². The lowest BCUT2D eigenvalue weighted by molar-refractivity contribution is -0.181. The number of primary amides is 1. The topological polar surface area (TPSA) is 181 Å². The van der Waals surface area contributed by atoms with Gasteiger partial charge in [0.25, 0.3) is 0 Å². The van der Waals surface area contributed by atoms with E-state index >= 15 is 0 Å². The molecule has 3 aliphatic rings. The fraction of sp³-hybridized carbons (Fsp3) is 0.500. The zero-order valence-corrected chi connectivity index (χ0v) is 18.8. The van der Waals surface area contributed by atoms with E-state index in [-0.39, 0.29) is 35.5 Å². The van der Waals surface area contributed by atoms with Gasteiger partial charge in [0.1, 0.15) is 5.75 Å². The molecule has 0 radical (unpaired) electrons. The normalized spacial score (nSPS) is 33.6. The highest BCUT2D eigenvalue weighted by Crippen LogP contribution is 2.51. The molecule has 2 saturated carbocycles. The number of rotatable bonds is 3. The lowest BCUT2D eigenvalue weighted by atomic mass is 9.52. The van der Waals surface area contributed by atoms with E-state index < -0.39 is 70.1 Å². The maximum atomic E-state index is 13.6. The number of hydrogen-bond acceptors (Lipinski definition) is 9. The summed E-state index contributed by atoms with van der Waals surface area (Å²) in [5.41, 5.74) is 8.56. The number of likely N-dealkylation sites (N-methyl/N-ethyl adjacent to an activating group) is 1. The van der Waals surface area contributed by atoms with Gasteiger partial charge in [0, 0.05) is 23.0 Å². The maximum absolute atomic E-state index is 13.6. The van der Waals surface area contributed by atoms with Gasteiger partial charge < -0.3 is 21.7 Å². The summed E-state index contributed by atoms with van der Waals surface area (Å²) in [5, 5.41) is 22.3. The lowest BCUT2D eigenvalue weighted by Crippen LogP contribution is -2.74. The lowest BCUT2D eigenvalue weighted by Gasteiger charge is -2.52. The van der Waals surface area contributed by atoms with E-state index in [0.29, 0.717) is 5.56 Å². The van der Waals surface area contributed by atoms with Crippen molar-refractivity contribution in [3.05, 3.63) is 27.8 Å². The van der Waals surface area contributed by atoms with Crippen molar-refractivity contribution >= 4 is 40.6 Å². The minimum absolute atomic E-state index is 0.0281. The summed E-state index contributed by atoms with van der Waals surface area (Å²) >= 11 is 6.35. The van der Waals surface area contributed by atoms with Gasteiger partial charge in [-0.2, -0.15) is 0 Å². The van der Waals surface area contributed by atoms with Crippen LogP contribution in [0.1, 0.15) is 27.9 Å². The first-order valence-corrected chi connectivity index (χ1v) is 10.8. The zero-order chi connectivity index (χ0) is 24.6. The van der Waals surface area contributed by atoms with E-state index in [2.05, 4.69) is 0 Å². The van der Waals surface area contributed by atoms with E-state index in [1.165, 1.54) is 25.1 Å². The largest absolute Gasteiger partial charge is 0.507 e. The molecule has 3 unspecified atom stereocenters. The molecule has 33 heavy (non-hydrogen) atoms. The third-order valence-corrected chi connectivity index (χ3v) is 7.64. The fourth-order valence-electron chi connectivity index (χ4n) is 5.83. The van der Waals surface area contributed by atoms with Crippen LogP contribution in [0.3, 0.4) is 0 Å². The summed E-state index contributed by atoms with van der Waals surface area (Å²) in [6.45, 7) is -0.106. The predicted molar refractivity (Wildman–Crippen MR) is 114 cm³/mol. The minimum atomic E-state index is -2.75. The van der Waals surface area contributed by atoms with Crippen LogP contribution in [-0.2, 0) is 32.1 Å². The van der Waals surface area contributed by atoms with Gasteiger partial charge in [-0.3, -0.25) is 28.9 Å². The molecule has 0 spiro atoms. The molecule has 3 aliphatic carbocycles. The van der Waals surface area contributed by atoms with Gasteiger partial charge in [-0.1, -0.05) is 11.6 Å². The molecule has 0 saturated heterocycles. The molecular formula is C22H24ClN3O7. The Labute approximate surface area is 193 Å². The second kappa shape index (κ2) is 7.69. The van der Waals surface area contributed by atoms with Crippen LogP contribution in [0.4, 0.5) is 0 Å². The van der Waals surface area contributed by atoms with E-state index in [1.807, 2.05) is 0 Å². The smallest absolute Gasteiger partial charge is 0.235 e. The highest BCUT2D eigenvalue weighted by Gasteiger charge is 2.69. The number of halogens is 1. The maximum Gasteiger partial charge on any atom is 0.235 e. The van der Waals surface area contributed by atoms with E-state index in [0.717, 1.165) is 0 Å². The molecule has 176 valence electrons. The molecule has 10 nitrogen and oxygen atoms in total. The molecule has 1 aromatic rings. The Kier molecular flexibility index (Phi) is 5.48. The predicted octanol–water partition coefficient (Wildman–Crippen LogP) is -1.02. The number of nitrogens with two attached hydrogens (primary N) is 2. The van der Waals surface area contributed by atoms with Crippen molar-refractivity contribution < 1.29 is 34.2 Å². The first kappa shape index (κ1) is 23.5. The van der Waals surface area contributed by atoms with Gasteiger partial charge in [-0.25, -0.2) is 0 Å². The number of aromatic hydroxyl groups is 1. The number of hydrogen-bond donors (Lipinski definition) is 4. The van der Waals surface area contributed by atoms with E-state index in [9.17, 15) is 34.2 Å². The number of carbonyl (C=O) groups is 5. The van der Waals surface area contributed by atoms with Gasteiger partial charge in [0.05, 0.1) is 17.5 Å². The van der Waals surface area contributed by atoms with Crippen LogP contribution in [0.5, 0.6) is 5.75 Å². The number of fused-ring (bicyclic) bond motifs is 3. The molecule has 6 atom stereocenters. The molecule has 0 aromatic heterocycles. The molecular weight excluding hydrogens is 454 g/mol. The first-order chi connectivity index (χ1) is 15.4. The monoisotopic (exact) mass is 477 g/mol. The van der Waals surface area contributed by atoms with Crippen LogP contribution >= 0.6 is 11.6 Å². The Morgan fingerprint density at radius 3 is 2.42 bits per heavy atom. The highest BCUT2D eigenvalue weighted by molar-refractivity contribution is 6.34. The fourth-order valence-corrected chi connectivity index (χ4v) is 6.14. The van der Waals surface area contributed by atoms with Crippen LogP contribution in [0.25, 0.3) is 0 Å². The first-order valence-electron chi connectivity index (χ1n) is 10.5. The number of aliphatic hydroxyl groups is 1. The van der Waals surface area contributed by atoms with Gasteiger partial charge in [0.2, 0.25) is 5.91 Å². The average molecular weight is 478 g/mol. The average Bonchev–Trinajstić information content (AvgIpc) is 2.72. The number of carbonyl (C=O) groups excluding carboxylic acids is 5. The Morgan fingerprint density at radius 2 is 1.88 bits per heavy atom. The van der Waals surface area contributed by atoms with Crippen molar-refractivity contribution in [2.45, 2.75) is 31.0 Å².